The van der Waals surface area contributed by atoms with Gasteiger partial charge in [0, 0.05) is 5.56 Å². The highest BCUT2D eigenvalue weighted by Crippen LogP contribution is 2.32. The molecule has 2 rings (SSSR count). The second-order valence-electron chi connectivity index (χ2n) is 4.71. The third kappa shape index (κ3) is 4.23. The summed E-state index contributed by atoms with van der Waals surface area (Å²) in [6.07, 6.45) is 2.10. The van der Waals surface area contributed by atoms with Gasteiger partial charge in [-0.3, -0.25) is 4.79 Å². The van der Waals surface area contributed by atoms with Crippen LogP contribution in [-0.4, -0.2) is 12.4 Å². The number of para-hydroxylation sites is 1. The van der Waals surface area contributed by atoms with Gasteiger partial charge < -0.3 is 4.74 Å². The second-order valence-corrected chi connectivity index (χ2v) is 5.52. The number of hydrogen-bond acceptors (Lipinski definition) is 2. The summed E-state index contributed by atoms with van der Waals surface area (Å²) in [7, 11) is 0. The van der Waals surface area contributed by atoms with Crippen LogP contribution < -0.4 is 4.74 Å². The van der Waals surface area contributed by atoms with Crippen molar-refractivity contribution in [3.8, 4) is 5.75 Å². The molecule has 0 radical (unpaired) electrons. The molecular weight excluding hydrogens is 307 g/mol. The monoisotopic (exact) mass is 322 g/mol. The lowest BCUT2D eigenvalue weighted by Crippen LogP contribution is -2.12. The lowest BCUT2D eigenvalue weighted by molar-refractivity contribution is 0.0921. The van der Waals surface area contributed by atoms with Crippen LogP contribution in [0.1, 0.15) is 29.3 Å². The van der Waals surface area contributed by atoms with Gasteiger partial charge in [0.15, 0.2) is 18.1 Å². The molecular formula is C17H16Cl2O2. The van der Waals surface area contributed by atoms with Crippen molar-refractivity contribution in [3.05, 3.63) is 63.6 Å². The maximum absolute atomic E-state index is 12.1. The summed E-state index contributed by atoms with van der Waals surface area (Å²) in [5.74, 6) is 0.242. The van der Waals surface area contributed by atoms with E-state index in [1.54, 1.807) is 18.2 Å². The van der Waals surface area contributed by atoms with E-state index >= 15 is 0 Å². The summed E-state index contributed by atoms with van der Waals surface area (Å²) < 4.78 is 5.45. The van der Waals surface area contributed by atoms with E-state index in [4.69, 9.17) is 27.9 Å². The van der Waals surface area contributed by atoms with Gasteiger partial charge in [0.25, 0.3) is 0 Å². The Kier molecular flexibility index (Phi) is 5.66. The molecule has 2 nitrogen and oxygen atoms in total. The number of Topliss-reactive ketones (excluding diaryl/α,β-unsaturated/α-hetero) is 1. The molecule has 0 N–H and O–H groups in total. The third-order valence-electron chi connectivity index (χ3n) is 3.08. The van der Waals surface area contributed by atoms with Gasteiger partial charge in [-0.05, 0) is 24.1 Å². The highest BCUT2D eigenvalue weighted by atomic mass is 35.5. The van der Waals surface area contributed by atoms with Gasteiger partial charge in [-0.2, -0.15) is 0 Å². The van der Waals surface area contributed by atoms with Crippen LogP contribution in [0.25, 0.3) is 0 Å². The molecule has 21 heavy (non-hydrogen) atoms. The molecule has 0 saturated heterocycles. The largest absolute Gasteiger partial charge is 0.482 e. The molecule has 2 aromatic rings. The number of hydrogen-bond donors (Lipinski definition) is 0. The molecule has 0 aromatic heterocycles. The van der Waals surface area contributed by atoms with Crippen molar-refractivity contribution >= 4 is 29.0 Å². The molecule has 0 heterocycles. The highest BCUT2D eigenvalue weighted by molar-refractivity contribution is 6.37. The van der Waals surface area contributed by atoms with Crippen molar-refractivity contribution in [3.63, 3.8) is 0 Å². The zero-order chi connectivity index (χ0) is 15.2. The molecule has 0 unspecified atom stereocenters. The summed E-state index contributed by atoms with van der Waals surface area (Å²) in [5.41, 5.74) is 1.85. The molecule has 110 valence electrons. The van der Waals surface area contributed by atoms with E-state index in [1.807, 2.05) is 24.3 Å². The average Bonchev–Trinajstić information content (AvgIpc) is 2.47. The Balaban J connectivity index is 2.01. The predicted molar refractivity (Wildman–Crippen MR) is 86.7 cm³/mol. The first-order valence-electron chi connectivity index (χ1n) is 6.80. The number of aryl methyl sites for hydroxylation is 1. The summed E-state index contributed by atoms with van der Waals surface area (Å²) in [6, 6.07) is 12.7. The molecule has 2 aromatic carbocycles. The fourth-order valence-electron chi connectivity index (χ4n) is 1.99. The van der Waals surface area contributed by atoms with Crippen LogP contribution in [0.15, 0.2) is 42.5 Å². The van der Waals surface area contributed by atoms with Crippen molar-refractivity contribution in [2.45, 2.75) is 19.8 Å². The van der Waals surface area contributed by atoms with Gasteiger partial charge >= 0.3 is 0 Å². The Morgan fingerprint density at radius 3 is 2.24 bits per heavy atom. The van der Waals surface area contributed by atoms with E-state index in [-0.39, 0.29) is 12.4 Å². The highest BCUT2D eigenvalue weighted by Gasteiger charge is 2.11. The molecule has 0 aliphatic heterocycles. The number of benzene rings is 2. The lowest BCUT2D eigenvalue weighted by Gasteiger charge is -2.09. The van der Waals surface area contributed by atoms with Crippen molar-refractivity contribution in [2.75, 3.05) is 6.61 Å². The maximum atomic E-state index is 12.1. The molecule has 0 fully saturated rings. The minimum atomic E-state index is -0.103. The van der Waals surface area contributed by atoms with Crippen molar-refractivity contribution < 1.29 is 9.53 Å². The maximum Gasteiger partial charge on any atom is 0.200 e. The van der Waals surface area contributed by atoms with Gasteiger partial charge in [0.2, 0.25) is 0 Å². The van der Waals surface area contributed by atoms with Gasteiger partial charge in [-0.25, -0.2) is 0 Å². The Morgan fingerprint density at radius 2 is 1.67 bits per heavy atom. The van der Waals surface area contributed by atoms with E-state index in [9.17, 15) is 4.79 Å². The summed E-state index contributed by atoms with van der Waals surface area (Å²) in [4.78, 5) is 12.1. The van der Waals surface area contributed by atoms with Gasteiger partial charge in [-0.1, -0.05) is 66.9 Å². The van der Waals surface area contributed by atoms with E-state index in [1.165, 1.54) is 5.56 Å². The topological polar surface area (TPSA) is 26.3 Å². The quantitative estimate of drug-likeness (QED) is 0.682. The number of carbonyl (C=O) groups excluding carboxylic acids is 1. The van der Waals surface area contributed by atoms with Crippen LogP contribution in [-0.2, 0) is 6.42 Å². The molecule has 0 aliphatic rings. The number of halogens is 2. The molecule has 0 saturated carbocycles. The van der Waals surface area contributed by atoms with Crippen LogP contribution in [0.5, 0.6) is 5.75 Å². The fraction of sp³-hybridized carbons (Fsp3) is 0.235. The fourth-order valence-corrected chi connectivity index (χ4v) is 2.49. The Bertz CT molecular complexity index is 601. The smallest absolute Gasteiger partial charge is 0.200 e. The molecule has 0 aliphatic carbocycles. The normalized spacial score (nSPS) is 10.4. The Labute approximate surface area is 134 Å². The Morgan fingerprint density at radius 1 is 1.05 bits per heavy atom. The minimum Gasteiger partial charge on any atom is -0.482 e. The lowest BCUT2D eigenvalue weighted by atomic mass is 10.1. The number of ketones is 1. The van der Waals surface area contributed by atoms with Gasteiger partial charge in [0.1, 0.15) is 0 Å². The van der Waals surface area contributed by atoms with Crippen LogP contribution in [0.4, 0.5) is 0 Å². The number of rotatable bonds is 6. The summed E-state index contributed by atoms with van der Waals surface area (Å²) in [6.45, 7) is 2.04. The first-order chi connectivity index (χ1) is 10.1. The summed E-state index contributed by atoms with van der Waals surface area (Å²) >= 11 is 12.0. The predicted octanol–water partition coefficient (Wildman–Crippen LogP) is 5.21. The molecule has 0 atom stereocenters. The minimum absolute atomic E-state index is 0.0867. The standard InChI is InChI=1S/C17H16Cl2O2/c1-2-4-12-7-9-13(10-8-12)16(20)11-21-17-14(18)5-3-6-15(17)19/h3,5-10H,2,4,11H2,1H3. The SMILES string of the molecule is CCCc1ccc(C(=O)COc2c(Cl)cccc2Cl)cc1. The summed E-state index contributed by atoms with van der Waals surface area (Å²) in [5, 5.41) is 0.794. The van der Waals surface area contributed by atoms with Crippen LogP contribution in [0.2, 0.25) is 10.0 Å². The van der Waals surface area contributed by atoms with E-state index < -0.39 is 0 Å². The van der Waals surface area contributed by atoms with Crippen LogP contribution in [0, 0.1) is 0 Å². The third-order valence-corrected chi connectivity index (χ3v) is 3.68. The molecule has 0 spiro atoms. The number of carbonyl (C=O) groups is 1. The van der Waals surface area contributed by atoms with E-state index in [2.05, 4.69) is 6.92 Å². The zero-order valence-corrected chi connectivity index (χ0v) is 13.2. The van der Waals surface area contributed by atoms with Crippen molar-refractivity contribution in [1.82, 2.24) is 0 Å². The number of ether oxygens (including phenoxy) is 1. The molecule has 4 heteroatoms. The zero-order valence-electron chi connectivity index (χ0n) is 11.7. The van der Waals surface area contributed by atoms with Crippen molar-refractivity contribution in [2.24, 2.45) is 0 Å². The van der Waals surface area contributed by atoms with E-state index in [0.29, 0.717) is 21.4 Å². The first kappa shape index (κ1) is 15.9. The van der Waals surface area contributed by atoms with Gasteiger partial charge in [0.05, 0.1) is 10.0 Å². The Hall–Kier alpha value is -1.51. The average molecular weight is 323 g/mol. The van der Waals surface area contributed by atoms with Gasteiger partial charge in [-0.15, -0.1) is 0 Å². The van der Waals surface area contributed by atoms with Crippen LogP contribution in [0.3, 0.4) is 0 Å². The molecule has 0 bridgehead atoms. The van der Waals surface area contributed by atoms with Crippen LogP contribution >= 0.6 is 23.2 Å². The van der Waals surface area contributed by atoms with Crippen molar-refractivity contribution in [1.29, 1.82) is 0 Å². The van der Waals surface area contributed by atoms with E-state index in [0.717, 1.165) is 12.8 Å². The first-order valence-corrected chi connectivity index (χ1v) is 7.56. The molecule has 0 amide bonds. The second kappa shape index (κ2) is 7.48.